The molecule has 1 aromatic heterocycles. The number of aromatic nitrogens is 1. The SMILES string of the molecule is CCCCn1ccc(-c2ccccc2O)c(N)c1=O. The first kappa shape index (κ1) is 13.2. The third kappa shape index (κ3) is 2.62. The molecular formula is C15H18N2O2. The summed E-state index contributed by atoms with van der Waals surface area (Å²) in [5, 5.41) is 9.83. The van der Waals surface area contributed by atoms with Crippen molar-refractivity contribution < 1.29 is 5.11 Å². The Hall–Kier alpha value is -2.23. The molecule has 0 bridgehead atoms. The van der Waals surface area contributed by atoms with E-state index >= 15 is 0 Å². The number of unbranched alkanes of at least 4 members (excludes halogenated alkanes) is 1. The molecule has 0 fully saturated rings. The molecule has 0 saturated carbocycles. The topological polar surface area (TPSA) is 68.2 Å². The van der Waals surface area contributed by atoms with Gasteiger partial charge >= 0.3 is 0 Å². The van der Waals surface area contributed by atoms with Crippen LogP contribution in [0.25, 0.3) is 11.1 Å². The second kappa shape index (κ2) is 5.61. The number of nitrogens with zero attached hydrogens (tertiary/aromatic N) is 1. The van der Waals surface area contributed by atoms with Crippen LogP contribution in [0.2, 0.25) is 0 Å². The number of benzene rings is 1. The Bertz CT molecular complexity index is 632. The molecule has 0 amide bonds. The summed E-state index contributed by atoms with van der Waals surface area (Å²) in [5.74, 6) is 0.125. The molecule has 4 heteroatoms. The van der Waals surface area contributed by atoms with Crippen LogP contribution in [0.15, 0.2) is 41.3 Å². The molecule has 4 nitrogen and oxygen atoms in total. The number of aromatic hydroxyl groups is 1. The number of hydrogen-bond acceptors (Lipinski definition) is 3. The number of nitrogen functional groups attached to an aromatic ring is 1. The van der Waals surface area contributed by atoms with Crippen LogP contribution in [0.4, 0.5) is 5.69 Å². The van der Waals surface area contributed by atoms with Gasteiger partial charge in [0, 0.05) is 23.9 Å². The third-order valence-corrected chi connectivity index (χ3v) is 3.15. The fourth-order valence-electron chi connectivity index (χ4n) is 2.03. The Kier molecular flexibility index (Phi) is 3.90. The van der Waals surface area contributed by atoms with Crippen LogP contribution >= 0.6 is 0 Å². The fourth-order valence-corrected chi connectivity index (χ4v) is 2.03. The van der Waals surface area contributed by atoms with Gasteiger partial charge in [-0.05, 0) is 18.6 Å². The number of aryl methyl sites for hydroxylation is 1. The molecule has 0 aliphatic heterocycles. The summed E-state index contributed by atoms with van der Waals surface area (Å²) in [4.78, 5) is 12.1. The average Bonchev–Trinajstić information content (AvgIpc) is 2.42. The van der Waals surface area contributed by atoms with Crippen molar-refractivity contribution >= 4 is 5.69 Å². The Morgan fingerprint density at radius 2 is 1.95 bits per heavy atom. The lowest BCUT2D eigenvalue weighted by molar-refractivity contribution is 0.477. The van der Waals surface area contributed by atoms with E-state index in [-0.39, 0.29) is 17.0 Å². The number of phenolic OH excluding ortho intramolecular Hbond substituents is 1. The summed E-state index contributed by atoms with van der Waals surface area (Å²) < 4.78 is 1.61. The smallest absolute Gasteiger partial charge is 0.274 e. The molecule has 0 radical (unpaired) electrons. The largest absolute Gasteiger partial charge is 0.507 e. The molecule has 0 atom stereocenters. The van der Waals surface area contributed by atoms with Gasteiger partial charge in [0.25, 0.3) is 5.56 Å². The molecule has 0 unspecified atom stereocenters. The zero-order valence-corrected chi connectivity index (χ0v) is 11.0. The molecule has 0 spiro atoms. The standard InChI is InChI=1S/C15H18N2O2/c1-2-3-9-17-10-8-12(14(16)15(17)19)11-6-4-5-7-13(11)18/h4-8,10,18H,2-3,9,16H2,1H3. The number of rotatable bonds is 4. The Balaban J connectivity index is 2.48. The second-order valence-electron chi connectivity index (χ2n) is 4.51. The zero-order valence-electron chi connectivity index (χ0n) is 11.0. The lowest BCUT2D eigenvalue weighted by Gasteiger charge is -2.11. The van der Waals surface area contributed by atoms with Crippen molar-refractivity contribution in [1.82, 2.24) is 4.57 Å². The van der Waals surface area contributed by atoms with Gasteiger partial charge < -0.3 is 15.4 Å². The molecule has 2 aromatic rings. The molecule has 0 saturated heterocycles. The van der Waals surface area contributed by atoms with Crippen LogP contribution in [-0.4, -0.2) is 9.67 Å². The maximum absolute atomic E-state index is 12.1. The first-order chi connectivity index (χ1) is 9.15. The fraction of sp³-hybridized carbons (Fsp3) is 0.267. The number of anilines is 1. The lowest BCUT2D eigenvalue weighted by Crippen LogP contribution is -2.23. The van der Waals surface area contributed by atoms with Gasteiger partial charge in [-0.25, -0.2) is 0 Å². The Labute approximate surface area is 112 Å². The van der Waals surface area contributed by atoms with Crippen molar-refractivity contribution in [3.8, 4) is 16.9 Å². The summed E-state index contributed by atoms with van der Waals surface area (Å²) in [6.07, 6.45) is 3.69. The van der Waals surface area contributed by atoms with Gasteiger partial charge in [0.2, 0.25) is 0 Å². The molecule has 100 valence electrons. The van der Waals surface area contributed by atoms with Crippen molar-refractivity contribution in [2.24, 2.45) is 0 Å². The molecule has 19 heavy (non-hydrogen) atoms. The summed E-state index contributed by atoms with van der Waals surface area (Å²) in [6.45, 7) is 2.74. The molecule has 0 aliphatic rings. The van der Waals surface area contributed by atoms with Crippen molar-refractivity contribution in [2.45, 2.75) is 26.3 Å². The third-order valence-electron chi connectivity index (χ3n) is 3.15. The summed E-state index contributed by atoms with van der Waals surface area (Å²) >= 11 is 0. The van der Waals surface area contributed by atoms with Gasteiger partial charge in [0.15, 0.2) is 0 Å². The number of nitrogens with two attached hydrogens (primary N) is 1. The van der Waals surface area contributed by atoms with Crippen molar-refractivity contribution in [3.05, 3.63) is 46.9 Å². The van der Waals surface area contributed by atoms with Gasteiger partial charge in [0.1, 0.15) is 11.4 Å². The van der Waals surface area contributed by atoms with Gasteiger partial charge in [0.05, 0.1) is 0 Å². The number of pyridine rings is 1. The average molecular weight is 258 g/mol. The summed E-state index contributed by atoms with van der Waals surface area (Å²) in [6, 6.07) is 8.64. The van der Waals surface area contributed by atoms with E-state index in [1.54, 1.807) is 41.1 Å². The van der Waals surface area contributed by atoms with E-state index < -0.39 is 0 Å². The second-order valence-corrected chi connectivity index (χ2v) is 4.51. The first-order valence-corrected chi connectivity index (χ1v) is 6.42. The van der Waals surface area contributed by atoms with E-state index in [4.69, 9.17) is 5.73 Å². The summed E-state index contributed by atoms with van der Waals surface area (Å²) in [5.41, 5.74) is 7.06. The maximum Gasteiger partial charge on any atom is 0.274 e. The Morgan fingerprint density at radius 1 is 1.21 bits per heavy atom. The van der Waals surface area contributed by atoms with E-state index in [1.165, 1.54) is 0 Å². The highest BCUT2D eigenvalue weighted by Crippen LogP contribution is 2.30. The minimum Gasteiger partial charge on any atom is -0.507 e. The predicted molar refractivity (Wildman–Crippen MR) is 77.1 cm³/mol. The molecule has 3 N–H and O–H groups in total. The van der Waals surface area contributed by atoms with Crippen LogP contribution in [0.3, 0.4) is 0 Å². The van der Waals surface area contributed by atoms with E-state index in [2.05, 4.69) is 6.92 Å². The molecule has 1 aromatic carbocycles. The van der Waals surface area contributed by atoms with Gasteiger partial charge in [-0.3, -0.25) is 4.79 Å². The van der Waals surface area contributed by atoms with Gasteiger partial charge in [-0.15, -0.1) is 0 Å². The normalized spacial score (nSPS) is 10.6. The van der Waals surface area contributed by atoms with Crippen LogP contribution in [0.5, 0.6) is 5.75 Å². The van der Waals surface area contributed by atoms with Gasteiger partial charge in [-0.1, -0.05) is 31.5 Å². The first-order valence-electron chi connectivity index (χ1n) is 6.42. The van der Waals surface area contributed by atoms with Crippen molar-refractivity contribution in [2.75, 3.05) is 5.73 Å². The number of hydrogen-bond donors (Lipinski definition) is 2. The molecular weight excluding hydrogens is 240 g/mol. The van der Waals surface area contributed by atoms with Crippen LogP contribution in [-0.2, 0) is 6.54 Å². The minimum atomic E-state index is -0.200. The van der Waals surface area contributed by atoms with Crippen LogP contribution in [0.1, 0.15) is 19.8 Å². The highest BCUT2D eigenvalue weighted by molar-refractivity contribution is 5.79. The van der Waals surface area contributed by atoms with E-state index in [0.717, 1.165) is 12.8 Å². The number of phenols is 1. The molecule has 1 heterocycles. The van der Waals surface area contributed by atoms with Gasteiger partial charge in [-0.2, -0.15) is 0 Å². The van der Waals surface area contributed by atoms with Crippen molar-refractivity contribution in [3.63, 3.8) is 0 Å². The lowest BCUT2D eigenvalue weighted by atomic mass is 10.0. The summed E-state index contributed by atoms with van der Waals surface area (Å²) in [7, 11) is 0. The highest BCUT2D eigenvalue weighted by Gasteiger charge is 2.11. The maximum atomic E-state index is 12.1. The van der Waals surface area contributed by atoms with E-state index in [1.807, 2.05) is 0 Å². The monoisotopic (exact) mass is 258 g/mol. The zero-order chi connectivity index (χ0) is 13.8. The Morgan fingerprint density at radius 3 is 2.63 bits per heavy atom. The number of para-hydroxylation sites is 1. The molecule has 0 aliphatic carbocycles. The quantitative estimate of drug-likeness (QED) is 0.885. The minimum absolute atomic E-state index is 0.125. The van der Waals surface area contributed by atoms with Crippen LogP contribution in [0, 0.1) is 0 Å². The van der Waals surface area contributed by atoms with E-state index in [0.29, 0.717) is 17.7 Å². The van der Waals surface area contributed by atoms with Crippen LogP contribution < -0.4 is 11.3 Å². The predicted octanol–water partition coefficient (Wildman–Crippen LogP) is 2.60. The molecule has 2 rings (SSSR count). The van der Waals surface area contributed by atoms with Crippen molar-refractivity contribution in [1.29, 1.82) is 0 Å². The highest BCUT2D eigenvalue weighted by atomic mass is 16.3. The van der Waals surface area contributed by atoms with E-state index in [9.17, 15) is 9.90 Å².